The standard InChI is InChI=1S/C22H22N2O3/c23-17-19(22(25)24-12-4-5-13-24)16-18-8-10-21(11-9-18)27-15-14-26-20-6-2-1-3-7-20/h1-3,6-11,16H,4-5,12-15H2/b19-16+. The summed E-state index contributed by atoms with van der Waals surface area (Å²) in [7, 11) is 0. The van der Waals surface area contributed by atoms with E-state index in [2.05, 4.69) is 0 Å². The minimum absolute atomic E-state index is 0.168. The molecule has 0 aromatic heterocycles. The number of para-hydroxylation sites is 1. The minimum atomic E-state index is -0.187. The first-order chi connectivity index (χ1) is 13.3. The van der Waals surface area contributed by atoms with Crippen LogP contribution in [0.2, 0.25) is 0 Å². The third-order valence-electron chi connectivity index (χ3n) is 4.30. The third kappa shape index (κ3) is 5.35. The molecule has 3 rings (SSSR count). The molecule has 0 unspecified atom stereocenters. The molecule has 138 valence electrons. The van der Waals surface area contributed by atoms with E-state index in [4.69, 9.17) is 9.47 Å². The van der Waals surface area contributed by atoms with Gasteiger partial charge in [-0.25, -0.2) is 0 Å². The summed E-state index contributed by atoms with van der Waals surface area (Å²) in [5.41, 5.74) is 0.966. The van der Waals surface area contributed by atoms with Crippen molar-refractivity contribution in [2.24, 2.45) is 0 Å². The zero-order chi connectivity index (χ0) is 18.9. The first-order valence-corrected chi connectivity index (χ1v) is 9.08. The van der Waals surface area contributed by atoms with Crippen molar-refractivity contribution < 1.29 is 14.3 Å². The molecule has 0 bridgehead atoms. The normalized spacial score (nSPS) is 13.9. The van der Waals surface area contributed by atoms with Crippen LogP contribution < -0.4 is 9.47 Å². The Labute approximate surface area is 159 Å². The average Bonchev–Trinajstić information content (AvgIpc) is 3.25. The molecule has 5 nitrogen and oxygen atoms in total. The van der Waals surface area contributed by atoms with Crippen molar-refractivity contribution in [1.82, 2.24) is 4.90 Å². The van der Waals surface area contributed by atoms with E-state index >= 15 is 0 Å². The zero-order valence-electron chi connectivity index (χ0n) is 15.1. The topological polar surface area (TPSA) is 62.6 Å². The van der Waals surface area contributed by atoms with E-state index < -0.39 is 0 Å². The molecular formula is C22H22N2O3. The third-order valence-corrected chi connectivity index (χ3v) is 4.30. The molecule has 1 fully saturated rings. The molecule has 2 aromatic rings. The molecule has 5 heteroatoms. The van der Waals surface area contributed by atoms with Gasteiger partial charge in [0.05, 0.1) is 0 Å². The summed E-state index contributed by atoms with van der Waals surface area (Å²) in [5.74, 6) is 1.34. The van der Waals surface area contributed by atoms with Gasteiger partial charge in [0.1, 0.15) is 36.4 Å². The Hall–Kier alpha value is -3.26. The molecule has 1 saturated heterocycles. The van der Waals surface area contributed by atoms with Crippen molar-refractivity contribution >= 4 is 12.0 Å². The van der Waals surface area contributed by atoms with Crippen LogP contribution in [0.1, 0.15) is 18.4 Å². The van der Waals surface area contributed by atoms with Gasteiger partial charge in [0.2, 0.25) is 0 Å². The van der Waals surface area contributed by atoms with Gasteiger partial charge in [-0.2, -0.15) is 5.26 Å². The quantitative estimate of drug-likeness (QED) is 0.428. The number of likely N-dealkylation sites (tertiary alicyclic amines) is 1. The molecule has 1 heterocycles. The van der Waals surface area contributed by atoms with Crippen molar-refractivity contribution in [2.45, 2.75) is 12.8 Å². The summed E-state index contributed by atoms with van der Waals surface area (Å²) >= 11 is 0. The molecule has 0 atom stereocenters. The van der Waals surface area contributed by atoms with E-state index in [9.17, 15) is 10.1 Å². The van der Waals surface area contributed by atoms with Gasteiger partial charge < -0.3 is 14.4 Å². The van der Waals surface area contributed by atoms with Gasteiger partial charge in [0, 0.05) is 13.1 Å². The molecule has 0 radical (unpaired) electrons. The number of nitrogens with zero attached hydrogens (tertiary/aromatic N) is 2. The van der Waals surface area contributed by atoms with Crippen molar-refractivity contribution in [1.29, 1.82) is 5.26 Å². The first-order valence-electron chi connectivity index (χ1n) is 9.08. The Kier molecular flexibility index (Phi) is 6.48. The van der Waals surface area contributed by atoms with Crippen LogP contribution in [-0.4, -0.2) is 37.1 Å². The van der Waals surface area contributed by atoms with E-state index in [0.29, 0.717) is 19.0 Å². The van der Waals surface area contributed by atoms with E-state index in [0.717, 1.165) is 37.2 Å². The predicted molar refractivity (Wildman–Crippen MR) is 103 cm³/mol. The molecule has 2 aromatic carbocycles. The fraction of sp³-hybridized carbons (Fsp3) is 0.273. The smallest absolute Gasteiger partial charge is 0.264 e. The monoisotopic (exact) mass is 362 g/mol. The van der Waals surface area contributed by atoms with Gasteiger partial charge in [-0.1, -0.05) is 30.3 Å². The molecular weight excluding hydrogens is 340 g/mol. The van der Waals surface area contributed by atoms with Gasteiger partial charge in [0.15, 0.2) is 0 Å². The lowest BCUT2D eigenvalue weighted by Gasteiger charge is -2.14. The number of hydrogen-bond acceptors (Lipinski definition) is 4. The number of amides is 1. The summed E-state index contributed by atoms with van der Waals surface area (Å²) in [6.45, 7) is 2.35. The number of nitriles is 1. The number of rotatable bonds is 7. The van der Waals surface area contributed by atoms with Crippen LogP contribution in [0, 0.1) is 11.3 Å². The van der Waals surface area contributed by atoms with Crippen LogP contribution in [-0.2, 0) is 4.79 Å². The molecule has 0 aliphatic carbocycles. The highest BCUT2D eigenvalue weighted by Gasteiger charge is 2.21. The van der Waals surface area contributed by atoms with Crippen LogP contribution in [0.25, 0.3) is 6.08 Å². The highest BCUT2D eigenvalue weighted by atomic mass is 16.5. The number of carbonyl (C=O) groups is 1. The van der Waals surface area contributed by atoms with E-state index in [1.807, 2.05) is 60.7 Å². The summed E-state index contributed by atoms with van der Waals surface area (Å²) in [6, 6.07) is 18.9. The largest absolute Gasteiger partial charge is 0.490 e. The zero-order valence-corrected chi connectivity index (χ0v) is 15.1. The summed E-state index contributed by atoms with van der Waals surface area (Å²) < 4.78 is 11.2. The maximum Gasteiger partial charge on any atom is 0.264 e. The highest BCUT2D eigenvalue weighted by molar-refractivity contribution is 6.01. The first kappa shape index (κ1) is 18.5. The second-order valence-electron chi connectivity index (χ2n) is 6.25. The molecule has 0 spiro atoms. The number of benzene rings is 2. The molecule has 1 amide bonds. The molecule has 0 saturated carbocycles. The minimum Gasteiger partial charge on any atom is -0.490 e. The maximum atomic E-state index is 12.3. The Morgan fingerprint density at radius 1 is 0.963 bits per heavy atom. The Morgan fingerprint density at radius 2 is 1.56 bits per heavy atom. The summed E-state index contributed by atoms with van der Waals surface area (Å²) in [4.78, 5) is 14.1. The maximum absolute atomic E-state index is 12.3. The van der Waals surface area contributed by atoms with Crippen molar-refractivity contribution in [3.63, 3.8) is 0 Å². The van der Waals surface area contributed by atoms with Gasteiger partial charge in [-0.3, -0.25) is 4.79 Å². The predicted octanol–water partition coefficient (Wildman–Crippen LogP) is 3.67. The van der Waals surface area contributed by atoms with Crippen LogP contribution in [0.15, 0.2) is 60.2 Å². The van der Waals surface area contributed by atoms with Crippen LogP contribution in [0.4, 0.5) is 0 Å². The fourth-order valence-electron chi connectivity index (χ4n) is 2.90. The van der Waals surface area contributed by atoms with E-state index in [1.165, 1.54) is 0 Å². The molecule has 1 aliphatic rings. The lowest BCUT2D eigenvalue weighted by molar-refractivity contribution is -0.125. The van der Waals surface area contributed by atoms with Crippen LogP contribution in [0.5, 0.6) is 11.5 Å². The lowest BCUT2D eigenvalue weighted by Crippen LogP contribution is -2.28. The van der Waals surface area contributed by atoms with Crippen molar-refractivity contribution in [3.05, 3.63) is 65.7 Å². The van der Waals surface area contributed by atoms with Crippen molar-refractivity contribution in [2.75, 3.05) is 26.3 Å². The van der Waals surface area contributed by atoms with E-state index in [-0.39, 0.29) is 11.5 Å². The average molecular weight is 362 g/mol. The second-order valence-corrected chi connectivity index (χ2v) is 6.25. The number of hydrogen-bond donors (Lipinski definition) is 0. The van der Waals surface area contributed by atoms with Crippen LogP contribution >= 0.6 is 0 Å². The van der Waals surface area contributed by atoms with Crippen molar-refractivity contribution in [3.8, 4) is 17.6 Å². The van der Waals surface area contributed by atoms with E-state index in [1.54, 1.807) is 11.0 Å². The molecule has 27 heavy (non-hydrogen) atoms. The summed E-state index contributed by atoms with van der Waals surface area (Å²) in [5, 5.41) is 9.31. The Morgan fingerprint density at radius 3 is 2.15 bits per heavy atom. The molecule has 0 N–H and O–H groups in total. The van der Waals surface area contributed by atoms with Gasteiger partial charge in [-0.15, -0.1) is 0 Å². The highest BCUT2D eigenvalue weighted by Crippen LogP contribution is 2.17. The fourth-order valence-corrected chi connectivity index (χ4v) is 2.90. The Balaban J connectivity index is 1.51. The number of carbonyl (C=O) groups excluding carboxylic acids is 1. The van der Waals surface area contributed by atoms with Gasteiger partial charge in [-0.05, 0) is 48.7 Å². The second kappa shape index (κ2) is 9.44. The number of ether oxygens (including phenoxy) is 2. The Bertz CT molecular complexity index is 817. The van der Waals surface area contributed by atoms with Crippen LogP contribution in [0.3, 0.4) is 0 Å². The lowest BCUT2D eigenvalue weighted by atomic mass is 10.1. The SMILES string of the molecule is N#C/C(=C\c1ccc(OCCOc2ccccc2)cc1)C(=O)N1CCCC1. The molecule has 1 aliphatic heterocycles. The van der Waals surface area contributed by atoms with Gasteiger partial charge >= 0.3 is 0 Å². The van der Waals surface area contributed by atoms with Gasteiger partial charge in [0.25, 0.3) is 5.91 Å². The summed E-state index contributed by atoms with van der Waals surface area (Å²) in [6.07, 6.45) is 3.64.